The van der Waals surface area contributed by atoms with Crippen molar-refractivity contribution >= 4 is 28.6 Å². The third kappa shape index (κ3) is 4.53. The molecule has 8 heteroatoms. The zero-order valence-corrected chi connectivity index (χ0v) is 16.5. The average Bonchev–Trinajstić information content (AvgIpc) is 2.66. The number of halogens is 4. The van der Waals surface area contributed by atoms with Gasteiger partial charge in [-0.3, -0.25) is 4.79 Å². The van der Waals surface area contributed by atoms with Crippen molar-refractivity contribution in [3.05, 3.63) is 70.5 Å². The second kappa shape index (κ2) is 8.41. The van der Waals surface area contributed by atoms with E-state index in [4.69, 9.17) is 0 Å². The number of aryl methyl sites for hydroxylation is 1. The van der Waals surface area contributed by atoms with Gasteiger partial charge in [-0.15, -0.1) is 11.8 Å². The maximum Gasteiger partial charge on any atom is 0.418 e. The first-order valence-corrected chi connectivity index (χ1v) is 9.87. The fourth-order valence-corrected chi connectivity index (χ4v) is 3.85. The van der Waals surface area contributed by atoms with E-state index >= 15 is 0 Å². The zero-order chi connectivity index (χ0) is 21.2. The zero-order valence-electron chi connectivity index (χ0n) is 15.7. The van der Waals surface area contributed by atoms with Crippen LogP contribution in [-0.2, 0) is 12.7 Å². The molecule has 0 unspecified atom stereocenters. The van der Waals surface area contributed by atoms with Gasteiger partial charge < -0.3 is 5.32 Å². The Kier molecular flexibility index (Phi) is 6.12. The first kappa shape index (κ1) is 21.1. The quantitative estimate of drug-likeness (QED) is 0.421. The van der Waals surface area contributed by atoms with Crippen LogP contribution in [0.2, 0.25) is 0 Å². The number of amides is 1. The third-order valence-corrected chi connectivity index (χ3v) is 5.28. The molecule has 0 bridgehead atoms. The number of nitrogens with zero attached hydrogens (tertiary/aromatic N) is 1. The lowest BCUT2D eigenvalue weighted by Gasteiger charge is -2.17. The summed E-state index contributed by atoms with van der Waals surface area (Å²) in [5.41, 5.74) is 0.410. The van der Waals surface area contributed by atoms with Crippen LogP contribution in [0.3, 0.4) is 0 Å². The molecule has 3 aromatic rings. The van der Waals surface area contributed by atoms with Crippen molar-refractivity contribution in [2.75, 3.05) is 5.75 Å². The standard InChI is InChI=1S/C21H18F4N2OS/c1-3-29-20-17(19(28)26-11-13-7-9-14(22)10-8-13)12(2)15-5-4-6-16(18(15)27-20)21(23,24)25/h4-10H,3,11H2,1-2H3,(H,26,28). The highest BCUT2D eigenvalue weighted by molar-refractivity contribution is 7.99. The highest BCUT2D eigenvalue weighted by atomic mass is 32.2. The molecule has 3 nitrogen and oxygen atoms in total. The molecule has 0 aliphatic heterocycles. The van der Waals surface area contributed by atoms with E-state index in [0.29, 0.717) is 16.9 Å². The van der Waals surface area contributed by atoms with Gasteiger partial charge in [-0.2, -0.15) is 13.2 Å². The molecule has 1 heterocycles. The smallest absolute Gasteiger partial charge is 0.348 e. The summed E-state index contributed by atoms with van der Waals surface area (Å²) in [6.45, 7) is 3.62. The Bertz CT molecular complexity index is 1050. The fraction of sp³-hybridized carbons (Fsp3) is 0.238. The minimum atomic E-state index is -4.54. The van der Waals surface area contributed by atoms with Gasteiger partial charge >= 0.3 is 6.18 Å². The van der Waals surface area contributed by atoms with Gasteiger partial charge in [0.05, 0.1) is 16.6 Å². The van der Waals surface area contributed by atoms with Crippen LogP contribution in [0.25, 0.3) is 10.9 Å². The van der Waals surface area contributed by atoms with E-state index in [1.807, 2.05) is 6.92 Å². The molecule has 0 radical (unpaired) electrons. The number of pyridine rings is 1. The SMILES string of the molecule is CCSc1nc2c(C(F)(F)F)cccc2c(C)c1C(=O)NCc1ccc(F)cc1. The first-order chi connectivity index (χ1) is 13.7. The summed E-state index contributed by atoms with van der Waals surface area (Å²) >= 11 is 1.21. The van der Waals surface area contributed by atoms with Crippen LogP contribution >= 0.6 is 11.8 Å². The van der Waals surface area contributed by atoms with Crippen LogP contribution in [0, 0.1) is 12.7 Å². The molecule has 0 aliphatic rings. The summed E-state index contributed by atoms with van der Waals surface area (Å²) in [5.74, 6) is -0.268. The van der Waals surface area contributed by atoms with Crippen molar-refractivity contribution in [2.24, 2.45) is 0 Å². The Morgan fingerprint density at radius 3 is 2.45 bits per heavy atom. The molecule has 1 amide bonds. The number of aromatic nitrogens is 1. The van der Waals surface area contributed by atoms with Gasteiger partial charge in [-0.1, -0.05) is 31.2 Å². The number of carbonyl (C=O) groups excluding carboxylic acids is 1. The van der Waals surface area contributed by atoms with Crippen molar-refractivity contribution in [1.82, 2.24) is 10.3 Å². The molecule has 3 rings (SSSR count). The number of alkyl halides is 3. The average molecular weight is 422 g/mol. The monoisotopic (exact) mass is 422 g/mol. The summed E-state index contributed by atoms with van der Waals surface area (Å²) < 4.78 is 53.3. The van der Waals surface area contributed by atoms with Gasteiger partial charge in [0.15, 0.2) is 0 Å². The molecular formula is C21H18F4N2OS. The van der Waals surface area contributed by atoms with Gasteiger partial charge in [-0.25, -0.2) is 9.37 Å². The lowest BCUT2D eigenvalue weighted by molar-refractivity contribution is -0.136. The molecule has 0 spiro atoms. The third-order valence-electron chi connectivity index (χ3n) is 4.42. The van der Waals surface area contributed by atoms with Crippen LogP contribution in [0.1, 0.15) is 34.0 Å². The summed E-state index contributed by atoms with van der Waals surface area (Å²) in [5, 5.41) is 3.29. The molecule has 1 N–H and O–H groups in total. The van der Waals surface area contributed by atoms with Crippen molar-refractivity contribution in [3.63, 3.8) is 0 Å². The lowest BCUT2D eigenvalue weighted by atomic mass is 10.0. The lowest BCUT2D eigenvalue weighted by Crippen LogP contribution is -2.25. The van der Waals surface area contributed by atoms with Crippen LogP contribution in [-0.4, -0.2) is 16.6 Å². The number of fused-ring (bicyclic) bond motifs is 1. The normalized spacial score (nSPS) is 11.7. The summed E-state index contributed by atoms with van der Waals surface area (Å²) in [6, 6.07) is 9.53. The van der Waals surface area contributed by atoms with E-state index in [2.05, 4.69) is 10.3 Å². The Balaban J connectivity index is 2.04. The van der Waals surface area contributed by atoms with Crippen molar-refractivity contribution < 1.29 is 22.4 Å². The number of hydrogen-bond acceptors (Lipinski definition) is 3. The molecule has 0 saturated heterocycles. The van der Waals surface area contributed by atoms with Crippen LogP contribution in [0.4, 0.5) is 17.6 Å². The Hall–Kier alpha value is -2.61. The molecule has 0 aliphatic carbocycles. The molecule has 0 fully saturated rings. The number of rotatable bonds is 5. The second-order valence-electron chi connectivity index (χ2n) is 6.36. The van der Waals surface area contributed by atoms with Gasteiger partial charge in [0.1, 0.15) is 10.8 Å². The predicted molar refractivity (Wildman–Crippen MR) is 105 cm³/mol. The van der Waals surface area contributed by atoms with Gasteiger partial charge in [-0.05, 0) is 42.0 Å². The number of carbonyl (C=O) groups is 1. The van der Waals surface area contributed by atoms with Crippen molar-refractivity contribution in [3.8, 4) is 0 Å². The number of hydrogen-bond donors (Lipinski definition) is 1. The summed E-state index contributed by atoms with van der Waals surface area (Å²) in [4.78, 5) is 17.1. The number of nitrogens with one attached hydrogen (secondary N) is 1. The van der Waals surface area contributed by atoms with E-state index in [9.17, 15) is 22.4 Å². The molecule has 1 aromatic heterocycles. The summed E-state index contributed by atoms with van der Waals surface area (Å²) in [6.07, 6.45) is -4.54. The van der Waals surface area contributed by atoms with E-state index < -0.39 is 17.6 Å². The molecule has 0 saturated carbocycles. The Morgan fingerprint density at radius 1 is 1.14 bits per heavy atom. The summed E-state index contributed by atoms with van der Waals surface area (Å²) in [7, 11) is 0. The molecule has 29 heavy (non-hydrogen) atoms. The number of benzene rings is 2. The molecule has 0 atom stereocenters. The van der Waals surface area contributed by atoms with Gasteiger partial charge in [0, 0.05) is 11.9 Å². The topological polar surface area (TPSA) is 42.0 Å². The van der Waals surface area contributed by atoms with Gasteiger partial charge in [0.25, 0.3) is 5.91 Å². The van der Waals surface area contributed by atoms with E-state index in [-0.39, 0.29) is 33.9 Å². The van der Waals surface area contributed by atoms with Crippen LogP contribution in [0.15, 0.2) is 47.5 Å². The maximum atomic E-state index is 13.4. The van der Waals surface area contributed by atoms with Gasteiger partial charge in [0.2, 0.25) is 0 Å². The van der Waals surface area contributed by atoms with Crippen LogP contribution < -0.4 is 5.32 Å². The maximum absolute atomic E-state index is 13.4. The Morgan fingerprint density at radius 2 is 1.83 bits per heavy atom. The van der Waals surface area contributed by atoms with Crippen LogP contribution in [0.5, 0.6) is 0 Å². The van der Waals surface area contributed by atoms with Crippen molar-refractivity contribution in [2.45, 2.75) is 31.6 Å². The highest BCUT2D eigenvalue weighted by Crippen LogP contribution is 2.37. The molecular weight excluding hydrogens is 404 g/mol. The Labute approximate surface area is 169 Å². The molecule has 2 aromatic carbocycles. The number of para-hydroxylation sites is 1. The van der Waals surface area contributed by atoms with E-state index in [1.165, 1.54) is 36.0 Å². The predicted octanol–water partition coefficient (Wildman–Crippen LogP) is 5.74. The van der Waals surface area contributed by atoms with E-state index in [1.54, 1.807) is 19.1 Å². The minimum Gasteiger partial charge on any atom is -0.348 e. The minimum absolute atomic E-state index is 0.162. The second-order valence-corrected chi connectivity index (χ2v) is 7.61. The van der Waals surface area contributed by atoms with E-state index in [0.717, 1.165) is 6.07 Å². The van der Waals surface area contributed by atoms with Crippen molar-refractivity contribution in [1.29, 1.82) is 0 Å². The number of thioether (sulfide) groups is 1. The fourth-order valence-electron chi connectivity index (χ4n) is 3.03. The largest absolute Gasteiger partial charge is 0.418 e. The first-order valence-electron chi connectivity index (χ1n) is 8.88. The highest BCUT2D eigenvalue weighted by Gasteiger charge is 2.34. The molecule has 152 valence electrons.